The third kappa shape index (κ3) is 5.60. The van der Waals surface area contributed by atoms with Crippen LogP contribution in [0.2, 0.25) is 0 Å². The van der Waals surface area contributed by atoms with Gasteiger partial charge in [0.25, 0.3) is 0 Å². The van der Waals surface area contributed by atoms with E-state index in [4.69, 9.17) is 9.47 Å². The quantitative estimate of drug-likeness (QED) is 0.228. The average Bonchev–Trinajstić information content (AvgIpc) is 3.02. The minimum Gasteiger partial charge on any atom is -0.478 e. The van der Waals surface area contributed by atoms with Crippen LogP contribution in [0.3, 0.4) is 0 Å². The molecule has 270 valence electrons. The number of hydrogen-bond donors (Lipinski definition) is 1. The Bertz CT molecular complexity index is 1540. The van der Waals surface area contributed by atoms with Crippen LogP contribution in [0.15, 0.2) is 35.4 Å². The summed E-state index contributed by atoms with van der Waals surface area (Å²) in [6, 6.07) is 6.36. The van der Waals surface area contributed by atoms with Crippen molar-refractivity contribution in [3.05, 3.63) is 46.5 Å². The molecule has 0 bridgehead atoms. The van der Waals surface area contributed by atoms with Gasteiger partial charge in [-0.2, -0.15) is 0 Å². The third-order valence-electron chi connectivity index (χ3n) is 15.3. The van der Waals surface area contributed by atoms with E-state index in [2.05, 4.69) is 53.4 Å². The van der Waals surface area contributed by atoms with Crippen molar-refractivity contribution in [2.75, 3.05) is 27.2 Å². The summed E-state index contributed by atoms with van der Waals surface area (Å²) in [5.74, 6) is -0.748. The van der Waals surface area contributed by atoms with E-state index in [1.54, 1.807) is 23.8 Å². The molecule has 4 saturated carbocycles. The molecule has 0 unspecified atom stereocenters. The van der Waals surface area contributed by atoms with Gasteiger partial charge in [-0.3, -0.25) is 4.79 Å². The molecular weight excluding hydrogens is 614 g/mol. The first-order valence-electron chi connectivity index (χ1n) is 18.9. The van der Waals surface area contributed by atoms with E-state index in [0.29, 0.717) is 18.4 Å². The summed E-state index contributed by atoms with van der Waals surface area (Å²) >= 11 is 0. The van der Waals surface area contributed by atoms with Gasteiger partial charge in [0, 0.05) is 12.0 Å². The summed E-state index contributed by atoms with van der Waals surface area (Å²) in [6.07, 6.45) is 10.6. The Balaban J connectivity index is 1.30. The molecule has 1 N–H and O–H groups in total. The van der Waals surface area contributed by atoms with Crippen LogP contribution in [0.4, 0.5) is 0 Å². The van der Waals surface area contributed by atoms with Crippen molar-refractivity contribution >= 4 is 17.9 Å². The van der Waals surface area contributed by atoms with Crippen LogP contribution in [0, 0.1) is 44.3 Å². The Morgan fingerprint density at radius 2 is 1.49 bits per heavy atom. The molecule has 5 aliphatic rings. The van der Waals surface area contributed by atoms with Crippen molar-refractivity contribution in [2.24, 2.45) is 44.3 Å². The zero-order valence-electron chi connectivity index (χ0n) is 31.7. The maximum Gasteiger partial charge on any atom is 0.339 e. The second-order valence-electron chi connectivity index (χ2n) is 18.9. The number of carbonyl (C=O) groups excluding carboxylic acids is 2. The van der Waals surface area contributed by atoms with Crippen molar-refractivity contribution in [1.29, 1.82) is 0 Å². The van der Waals surface area contributed by atoms with Crippen molar-refractivity contribution in [3.8, 4) is 0 Å². The van der Waals surface area contributed by atoms with Gasteiger partial charge in [0.1, 0.15) is 12.7 Å². The Hall–Kier alpha value is -2.67. The zero-order chi connectivity index (χ0) is 35.8. The maximum atomic E-state index is 14.1. The zero-order valence-corrected chi connectivity index (χ0v) is 31.7. The number of fused-ring (bicyclic) bond motifs is 6. The predicted octanol–water partition coefficient (Wildman–Crippen LogP) is 8.96. The highest BCUT2D eigenvalue weighted by atomic mass is 16.5. The molecule has 7 nitrogen and oxygen atoms in total. The van der Waals surface area contributed by atoms with Crippen LogP contribution in [-0.2, 0) is 14.3 Å². The molecule has 7 atom stereocenters. The van der Waals surface area contributed by atoms with Gasteiger partial charge in [0.05, 0.1) is 16.5 Å². The summed E-state index contributed by atoms with van der Waals surface area (Å²) in [7, 11) is 4.04. The van der Waals surface area contributed by atoms with Gasteiger partial charge in [-0.15, -0.1) is 0 Å². The number of hydrogen-bond acceptors (Lipinski definition) is 6. The number of allylic oxidation sites excluding steroid dienone is 1. The molecule has 0 spiro atoms. The van der Waals surface area contributed by atoms with E-state index in [9.17, 15) is 19.5 Å². The first kappa shape index (κ1) is 36.1. The molecule has 7 heteroatoms. The largest absolute Gasteiger partial charge is 0.478 e. The number of ether oxygens (including phenoxy) is 2. The standard InChI is InChI=1S/C42H61NO6/c1-37(2)20-22-42(36(47)48-25-24-43(8)9)23-21-40(6)29(30(42)26-37)14-15-32-39(5)18-17-33(38(3,4)31(39)16-19-41(32,40)7)49-35(46)28-13-11-10-12-27(28)34(44)45/h10-13,31-33H,14-26H2,1-9H3,(H,44,45)/t31-,32+,33-,39-,40+,41+,42-/m0/s1. The Labute approximate surface area is 294 Å². The van der Waals surface area contributed by atoms with Crippen LogP contribution in [0.25, 0.3) is 0 Å². The van der Waals surface area contributed by atoms with Crippen LogP contribution in [0.1, 0.15) is 140 Å². The van der Waals surface area contributed by atoms with Gasteiger partial charge in [0.2, 0.25) is 0 Å². The average molecular weight is 676 g/mol. The topological polar surface area (TPSA) is 93.1 Å². The number of esters is 2. The van der Waals surface area contributed by atoms with Gasteiger partial charge in [-0.05, 0) is 130 Å². The lowest BCUT2D eigenvalue weighted by molar-refractivity contribution is -0.205. The van der Waals surface area contributed by atoms with Gasteiger partial charge in [0.15, 0.2) is 0 Å². The summed E-state index contributed by atoms with van der Waals surface area (Å²) in [4.78, 5) is 41.5. The predicted molar refractivity (Wildman–Crippen MR) is 191 cm³/mol. The first-order valence-corrected chi connectivity index (χ1v) is 18.9. The molecule has 0 amide bonds. The number of carboxylic acid groups (broad SMARTS) is 1. The highest BCUT2D eigenvalue weighted by molar-refractivity contribution is 6.02. The molecule has 1 aromatic rings. The monoisotopic (exact) mass is 675 g/mol. The minimum atomic E-state index is -1.12. The number of likely N-dealkylation sites (N-methyl/N-ethyl adjacent to an activating group) is 1. The molecule has 5 aliphatic carbocycles. The van der Waals surface area contributed by atoms with Crippen LogP contribution >= 0.6 is 0 Å². The lowest BCUT2D eigenvalue weighted by atomic mass is 9.34. The Morgan fingerprint density at radius 1 is 0.816 bits per heavy atom. The van der Waals surface area contributed by atoms with Gasteiger partial charge >= 0.3 is 17.9 Å². The number of nitrogens with zero attached hydrogens (tertiary/aromatic N) is 1. The van der Waals surface area contributed by atoms with Gasteiger partial charge in [-0.1, -0.05) is 71.7 Å². The molecule has 0 saturated heterocycles. The van der Waals surface area contributed by atoms with Gasteiger partial charge in [-0.25, -0.2) is 9.59 Å². The molecule has 0 radical (unpaired) electrons. The van der Waals surface area contributed by atoms with E-state index in [-0.39, 0.29) is 50.3 Å². The smallest absolute Gasteiger partial charge is 0.339 e. The van der Waals surface area contributed by atoms with Crippen molar-refractivity contribution in [2.45, 2.75) is 125 Å². The second-order valence-corrected chi connectivity index (χ2v) is 18.9. The van der Waals surface area contributed by atoms with Crippen molar-refractivity contribution < 1.29 is 29.0 Å². The number of carboxylic acids is 1. The fourth-order valence-electron chi connectivity index (χ4n) is 12.3. The molecule has 49 heavy (non-hydrogen) atoms. The highest BCUT2D eigenvalue weighted by Gasteiger charge is 2.68. The fraction of sp³-hybridized carbons (Fsp3) is 0.738. The second kappa shape index (κ2) is 12.2. The van der Waals surface area contributed by atoms with Crippen LogP contribution in [-0.4, -0.2) is 61.3 Å². The summed E-state index contributed by atoms with van der Waals surface area (Å²) in [6.45, 7) is 18.1. The molecule has 0 heterocycles. The number of aromatic carboxylic acids is 1. The van der Waals surface area contributed by atoms with Crippen LogP contribution < -0.4 is 0 Å². The molecule has 4 fully saturated rings. The van der Waals surface area contributed by atoms with E-state index >= 15 is 0 Å². The third-order valence-corrected chi connectivity index (χ3v) is 15.3. The van der Waals surface area contributed by atoms with E-state index in [1.165, 1.54) is 11.6 Å². The van der Waals surface area contributed by atoms with Crippen LogP contribution in [0.5, 0.6) is 0 Å². The van der Waals surface area contributed by atoms with E-state index in [0.717, 1.165) is 77.2 Å². The van der Waals surface area contributed by atoms with E-state index < -0.39 is 17.4 Å². The number of carbonyl (C=O) groups is 3. The fourth-order valence-corrected chi connectivity index (χ4v) is 12.3. The Morgan fingerprint density at radius 3 is 2.16 bits per heavy atom. The molecule has 1 aromatic carbocycles. The lowest BCUT2D eigenvalue weighted by Crippen LogP contribution is -2.64. The molecule has 6 rings (SSSR count). The number of rotatable bonds is 7. The van der Waals surface area contributed by atoms with Crippen molar-refractivity contribution in [1.82, 2.24) is 4.90 Å². The van der Waals surface area contributed by atoms with Crippen molar-refractivity contribution in [3.63, 3.8) is 0 Å². The lowest BCUT2D eigenvalue weighted by Gasteiger charge is -2.71. The highest BCUT2D eigenvalue weighted by Crippen LogP contribution is 2.75. The minimum absolute atomic E-state index is 0.0120. The number of benzene rings is 1. The Kier molecular flexibility index (Phi) is 9.02. The normalized spacial score (nSPS) is 37.6. The molecule has 0 aliphatic heterocycles. The summed E-state index contributed by atoms with van der Waals surface area (Å²) in [5, 5.41) is 9.70. The summed E-state index contributed by atoms with van der Waals surface area (Å²) in [5.41, 5.74) is 2.75. The molecular formula is C42H61NO6. The molecule has 0 aromatic heterocycles. The van der Waals surface area contributed by atoms with Gasteiger partial charge < -0.3 is 19.5 Å². The van der Waals surface area contributed by atoms with E-state index in [1.807, 2.05) is 14.1 Å². The first-order chi connectivity index (χ1) is 22.8. The SMILES string of the molecule is CN(C)CCOC(=O)[C@]12CCC(C)(C)CC1=C1CC[C@@H]3[C@@]4(C)CC[C@H](OC(=O)c5ccccc5C(=O)O)C(C)(C)[C@@H]4CC[C@@]3(C)[C@]1(C)CC2. The summed E-state index contributed by atoms with van der Waals surface area (Å²) < 4.78 is 12.3. The maximum absolute atomic E-state index is 14.1.